The standard InChI is InChI=1S/C19H20BrClN2O/c20-19-7-12-3-13(8-19)6-18(5-12,11-19)9-17(24)23-16-4-15(21)2-1-14(16)10-22/h1-2,4,12-13H,3,5-9,11H2,(H,23,24). The smallest absolute Gasteiger partial charge is 0.224 e. The minimum atomic E-state index is 0.00631. The van der Waals surface area contributed by atoms with Gasteiger partial charge in [0.1, 0.15) is 6.07 Å². The summed E-state index contributed by atoms with van der Waals surface area (Å²) in [4.78, 5) is 12.7. The molecule has 0 radical (unpaired) electrons. The molecule has 126 valence electrons. The highest BCUT2D eigenvalue weighted by atomic mass is 79.9. The Hall–Kier alpha value is -1.05. The zero-order valence-electron chi connectivity index (χ0n) is 13.4. The third-order valence-electron chi connectivity index (χ3n) is 6.02. The van der Waals surface area contributed by atoms with Crippen molar-refractivity contribution in [1.82, 2.24) is 0 Å². The molecule has 1 aromatic rings. The summed E-state index contributed by atoms with van der Waals surface area (Å²) in [6, 6.07) is 7.09. The molecule has 5 heteroatoms. The van der Waals surface area contributed by atoms with Crippen molar-refractivity contribution in [2.45, 2.75) is 49.3 Å². The molecule has 4 fully saturated rings. The van der Waals surface area contributed by atoms with Crippen LogP contribution in [-0.2, 0) is 4.79 Å². The molecule has 3 nitrogen and oxygen atoms in total. The number of benzene rings is 1. The van der Waals surface area contributed by atoms with E-state index in [1.54, 1.807) is 18.2 Å². The maximum Gasteiger partial charge on any atom is 0.224 e. The highest BCUT2D eigenvalue weighted by Gasteiger charge is 2.57. The van der Waals surface area contributed by atoms with Gasteiger partial charge in [-0.2, -0.15) is 5.26 Å². The summed E-state index contributed by atoms with van der Waals surface area (Å²) in [6.07, 6.45) is 7.85. The van der Waals surface area contributed by atoms with Gasteiger partial charge in [0, 0.05) is 15.8 Å². The Bertz CT molecular complexity index is 727. The van der Waals surface area contributed by atoms with Crippen LogP contribution in [0.5, 0.6) is 0 Å². The van der Waals surface area contributed by atoms with E-state index < -0.39 is 0 Å². The Morgan fingerprint density at radius 2 is 2.04 bits per heavy atom. The summed E-state index contributed by atoms with van der Waals surface area (Å²) in [5.74, 6) is 1.53. The summed E-state index contributed by atoms with van der Waals surface area (Å²) in [5.41, 5.74) is 1.10. The zero-order chi connectivity index (χ0) is 16.9. The van der Waals surface area contributed by atoms with Gasteiger partial charge >= 0.3 is 0 Å². The van der Waals surface area contributed by atoms with E-state index in [2.05, 4.69) is 27.3 Å². The number of hydrogen-bond acceptors (Lipinski definition) is 2. The number of anilines is 1. The zero-order valence-corrected chi connectivity index (χ0v) is 15.8. The van der Waals surface area contributed by atoms with Crippen molar-refractivity contribution < 1.29 is 4.79 Å². The van der Waals surface area contributed by atoms with Crippen LogP contribution in [0.1, 0.15) is 50.5 Å². The Morgan fingerprint density at radius 3 is 2.67 bits per heavy atom. The minimum absolute atomic E-state index is 0.00631. The van der Waals surface area contributed by atoms with E-state index in [4.69, 9.17) is 11.6 Å². The van der Waals surface area contributed by atoms with Crippen LogP contribution in [0, 0.1) is 28.6 Å². The third kappa shape index (κ3) is 2.97. The maximum atomic E-state index is 12.7. The van der Waals surface area contributed by atoms with E-state index in [1.807, 2.05) is 0 Å². The van der Waals surface area contributed by atoms with Gasteiger partial charge in [-0.1, -0.05) is 27.5 Å². The number of rotatable bonds is 3. The first-order valence-corrected chi connectivity index (χ1v) is 9.74. The van der Waals surface area contributed by atoms with Crippen molar-refractivity contribution in [1.29, 1.82) is 5.26 Å². The monoisotopic (exact) mass is 406 g/mol. The van der Waals surface area contributed by atoms with Gasteiger partial charge in [-0.05, 0) is 74.0 Å². The Labute approximate surface area is 155 Å². The van der Waals surface area contributed by atoms with Crippen LogP contribution in [0.3, 0.4) is 0 Å². The lowest BCUT2D eigenvalue weighted by Gasteiger charge is -2.60. The molecular weight excluding hydrogens is 388 g/mol. The highest BCUT2D eigenvalue weighted by Crippen LogP contribution is 2.65. The predicted molar refractivity (Wildman–Crippen MR) is 98.2 cm³/mol. The lowest BCUT2D eigenvalue weighted by molar-refractivity contribution is -0.123. The van der Waals surface area contributed by atoms with E-state index in [9.17, 15) is 10.1 Å². The average molecular weight is 408 g/mol. The molecule has 5 rings (SSSR count). The summed E-state index contributed by atoms with van der Waals surface area (Å²) in [6.45, 7) is 0. The topological polar surface area (TPSA) is 52.9 Å². The summed E-state index contributed by atoms with van der Waals surface area (Å²) in [5, 5.41) is 12.7. The molecule has 1 N–H and O–H groups in total. The van der Waals surface area contributed by atoms with Gasteiger partial charge in [-0.3, -0.25) is 4.79 Å². The molecular formula is C19H20BrClN2O. The number of carbonyl (C=O) groups is 1. The van der Waals surface area contributed by atoms with Crippen molar-refractivity contribution in [2.75, 3.05) is 5.32 Å². The largest absolute Gasteiger partial charge is 0.325 e. The molecule has 4 aliphatic rings. The van der Waals surface area contributed by atoms with Crippen molar-refractivity contribution in [2.24, 2.45) is 17.3 Å². The maximum absolute atomic E-state index is 12.7. The van der Waals surface area contributed by atoms with E-state index >= 15 is 0 Å². The van der Waals surface area contributed by atoms with E-state index in [0.29, 0.717) is 22.7 Å². The van der Waals surface area contributed by atoms with Gasteiger partial charge in [0.15, 0.2) is 0 Å². The number of hydrogen-bond donors (Lipinski definition) is 1. The number of alkyl halides is 1. The third-order valence-corrected chi connectivity index (χ3v) is 7.19. The molecule has 4 saturated carbocycles. The number of carbonyl (C=O) groups excluding carboxylic acids is 1. The first-order chi connectivity index (χ1) is 11.4. The molecule has 2 unspecified atom stereocenters. The Kier molecular flexibility index (Phi) is 3.93. The van der Waals surface area contributed by atoms with Crippen LogP contribution < -0.4 is 5.32 Å². The molecule has 1 amide bonds. The molecule has 1 aromatic carbocycles. The number of amides is 1. The number of nitrogens with zero attached hydrogens (tertiary/aromatic N) is 1. The van der Waals surface area contributed by atoms with Crippen LogP contribution in [0.4, 0.5) is 5.69 Å². The second-order valence-electron chi connectivity index (χ2n) is 8.14. The molecule has 0 aromatic heterocycles. The van der Waals surface area contributed by atoms with Gasteiger partial charge in [0.2, 0.25) is 5.91 Å². The SMILES string of the molecule is N#Cc1ccc(Cl)cc1NC(=O)CC12CC3CC(CC(Br)(C3)C1)C2. The molecule has 4 bridgehead atoms. The van der Waals surface area contributed by atoms with Crippen molar-refractivity contribution >= 4 is 39.1 Å². The predicted octanol–water partition coefficient (Wildman–Crippen LogP) is 5.27. The molecule has 0 heterocycles. The van der Waals surface area contributed by atoms with E-state index in [0.717, 1.165) is 18.3 Å². The van der Waals surface area contributed by atoms with Gasteiger partial charge in [0.05, 0.1) is 11.3 Å². The Balaban J connectivity index is 1.51. The lowest BCUT2D eigenvalue weighted by Crippen LogP contribution is -2.53. The molecule has 2 atom stereocenters. The van der Waals surface area contributed by atoms with Crippen molar-refractivity contribution in [3.63, 3.8) is 0 Å². The second-order valence-corrected chi connectivity index (χ2v) is 10.3. The minimum Gasteiger partial charge on any atom is -0.325 e. The van der Waals surface area contributed by atoms with E-state index in [1.165, 1.54) is 32.1 Å². The molecule has 24 heavy (non-hydrogen) atoms. The normalized spacial score (nSPS) is 36.4. The van der Waals surface area contributed by atoms with E-state index in [-0.39, 0.29) is 15.6 Å². The molecule has 4 aliphatic carbocycles. The van der Waals surface area contributed by atoms with Gasteiger partial charge in [0.25, 0.3) is 0 Å². The quantitative estimate of drug-likeness (QED) is 0.694. The highest BCUT2D eigenvalue weighted by molar-refractivity contribution is 9.10. The molecule has 0 aliphatic heterocycles. The summed E-state index contributed by atoms with van der Waals surface area (Å²) < 4.78 is 0.255. The first-order valence-electron chi connectivity index (χ1n) is 8.57. The Morgan fingerprint density at radius 1 is 1.33 bits per heavy atom. The molecule has 0 saturated heterocycles. The van der Waals surface area contributed by atoms with Crippen LogP contribution in [0.15, 0.2) is 18.2 Å². The van der Waals surface area contributed by atoms with Crippen LogP contribution in [-0.4, -0.2) is 10.2 Å². The average Bonchev–Trinajstić information content (AvgIpc) is 2.43. The molecule has 0 spiro atoms. The number of nitriles is 1. The summed E-state index contributed by atoms with van der Waals surface area (Å²) >= 11 is 10.00. The fourth-order valence-corrected chi connectivity index (χ4v) is 7.48. The second kappa shape index (κ2) is 5.75. The fraction of sp³-hybridized carbons (Fsp3) is 0.579. The lowest BCUT2D eigenvalue weighted by atomic mass is 9.48. The van der Waals surface area contributed by atoms with Crippen LogP contribution in [0.2, 0.25) is 5.02 Å². The van der Waals surface area contributed by atoms with Crippen molar-refractivity contribution in [3.8, 4) is 6.07 Å². The number of nitrogens with one attached hydrogen (secondary N) is 1. The van der Waals surface area contributed by atoms with Gasteiger partial charge in [-0.15, -0.1) is 0 Å². The van der Waals surface area contributed by atoms with Crippen LogP contribution in [0.25, 0.3) is 0 Å². The first kappa shape index (κ1) is 16.4. The van der Waals surface area contributed by atoms with Crippen molar-refractivity contribution in [3.05, 3.63) is 28.8 Å². The summed E-state index contributed by atoms with van der Waals surface area (Å²) in [7, 11) is 0. The van der Waals surface area contributed by atoms with Gasteiger partial charge in [-0.25, -0.2) is 0 Å². The van der Waals surface area contributed by atoms with Crippen LogP contribution >= 0.6 is 27.5 Å². The van der Waals surface area contributed by atoms with Gasteiger partial charge < -0.3 is 5.32 Å². The number of halogens is 2. The fourth-order valence-electron chi connectivity index (χ4n) is 5.80.